The van der Waals surface area contributed by atoms with Crippen molar-refractivity contribution in [2.24, 2.45) is 0 Å². The highest BCUT2D eigenvalue weighted by Gasteiger charge is 2.43. The second-order valence-electron chi connectivity index (χ2n) is 6.62. The topological polar surface area (TPSA) is 102 Å². The number of hydrogen-bond donors (Lipinski definition) is 3. The van der Waals surface area contributed by atoms with Crippen LogP contribution >= 0.6 is 0 Å². The molecule has 2 unspecified atom stereocenters. The first-order chi connectivity index (χ1) is 13.2. The number of aromatic amines is 1. The van der Waals surface area contributed by atoms with Gasteiger partial charge in [-0.15, -0.1) is 0 Å². The molecule has 2 aliphatic heterocycles. The highest BCUT2D eigenvalue weighted by Crippen LogP contribution is 2.25. The number of alkyl halides is 3. The lowest BCUT2D eigenvalue weighted by Gasteiger charge is -2.34. The standard InChI is InChI=1S/C16H17N3O2.C2HF3O2/c20-15-14-6-3-7-19(14)16(21)13(18-15)8-10-9-17-12-5-2-1-4-11(10)12;3-2(4,5)1(6)7/h1-2,4-5,9,13-14,17H,3,6-8H2,(H,18,20);(H,6,7). The van der Waals surface area contributed by atoms with E-state index >= 15 is 0 Å². The molecule has 0 spiro atoms. The molecule has 2 amide bonds. The zero-order valence-electron chi connectivity index (χ0n) is 14.6. The average molecular weight is 397 g/mol. The van der Waals surface area contributed by atoms with Gasteiger partial charge in [-0.05, 0) is 24.5 Å². The second-order valence-corrected chi connectivity index (χ2v) is 6.62. The van der Waals surface area contributed by atoms with Crippen molar-refractivity contribution in [3.05, 3.63) is 36.0 Å². The number of H-pyrrole nitrogens is 1. The summed E-state index contributed by atoms with van der Waals surface area (Å²) in [4.78, 5) is 38.5. The predicted molar refractivity (Wildman–Crippen MR) is 92.4 cm³/mol. The largest absolute Gasteiger partial charge is 0.490 e. The van der Waals surface area contributed by atoms with Gasteiger partial charge in [0.1, 0.15) is 12.1 Å². The van der Waals surface area contributed by atoms with E-state index in [1.807, 2.05) is 30.5 Å². The number of carboxylic acids is 1. The van der Waals surface area contributed by atoms with Gasteiger partial charge in [-0.2, -0.15) is 13.2 Å². The number of piperazine rings is 1. The van der Waals surface area contributed by atoms with E-state index < -0.39 is 18.2 Å². The fourth-order valence-corrected chi connectivity index (χ4v) is 3.49. The van der Waals surface area contributed by atoms with Crippen LogP contribution < -0.4 is 5.32 Å². The number of carboxylic acid groups (broad SMARTS) is 1. The molecule has 0 saturated carbocycles. The van der Waals surface area contributed by atoms with Crippen molar-refractivity contribution in [3.8, 4) is 0 Å². The Morgan fingerprint density at radius 3 is 2.61 bits per heavy atom. The molecular weight excluding hydrogens is 379 g/mol. The van der Waals surface area contributed by atoms with Crippen molar-refractivity contribution in [3.63, 3.8) is 0 Å². The monoisotopic (exact) mass is 397 g/mol. The fourth-order valence-electron chi connectivity index (χ4n) is 3.49. The summed E-state index contributed by atoms with van der Waals surface area (Å²) in [7, 11) is 0. The molecular formula is C18H18F3N3O4. The van der Waals surface area contributed by atoms with Crippen molar-refractivity contribution in [2.75, 3.05) is 6.54 Å². The summed E-state index contributed by atoms with van der Waals surface area (Å²) in [5.74, 6) is -2.70. The van der Waals surface area contributed by atoms with Crippen LogP contribution in [0.2, 0.25) is 0 Å². The van der Waals surface area contributed by atoms with Crippen LogP contribution in [0, 0.1) is 0 Å². The Bertz CT molecular complexity index is 909. The van der Waals surface area contributed by atoms with Crippen LogP contribution in [-0.4, -0.2) is 57.6 Å². The zero-order chi connectivity index (χ0) is 20.5. The maximum absolute atomic E-state index is 12.5. The smallest absolute Gasteiger partial charge is 0.475 e. The predicted octanol–water partition coefficient (Wildman–Crippen LogP) is 1.83. The maximum Gasteiger partial charge on any atom is 0.490 e. The summed E-state index contributed by atoms with van der Waals surface area (Å²) >= 11 is 0. The van der Waals surface area contributed by atoms with E-state index in [2.05, 4.69) is 10.3 Å². The number of nitrogens with one attached hydrogen (secondary N) is 2. The molecule has 2 aromatic rings. The Hall–Kier alpha value is -3.04. The Labute approximate surface area is 157 Å². The molecule has 0 aliphatic carbocycles. The lowest BCUT2D eigenvalue weighted by Crippen LogP contribution is -2.61. The number of hydrogen-bond acceptors (Lipinski definition) is 3. The molecule has 2 saturated heterocycles. The first-order valence-corrected chi connectivity index (χ1v) is 8.64. The van der Waals surface area contributed by atoms with Gasteiger partial charge in [-0.3, -0.25) is 9.59 Å². The molecule has 4 rings (SSSR count). The van der Waals surface area contributed by atoms with Gasteiger partial charge < -0.3 is 20.3 Å². The van der Waals surface area contributed by atoms with Gasteiger partial charge in [0, 0.05) is 30.1 Å². The summed E-state index contributed by atoms with van der Waals surface area (Å²) in [6, 6.07) is 7.33. The van der Waals surface area contributed by atoms with Gasteiger partial charge in [0.2, 0.25) is 11.8 Å². The van der Waals surface area contributed by atoms with Crippen LogP contribution in [0.4, 0.5) is 13.2 Å². The molecule has 7 nitrogen and oxygen atoms in total. The van der Waals surface area contributed by atoms with Crippen molar-refractivity contribution in [2.45, 2.75) is 37.5 Å². The summed E-state index contributed by atoms with van der Waals surface area (Å²) in [6.07, 6.45) is -0.904. The highest BCUT2D eigenvalue weighted by atomic mass is 19.4. The normalized spacial score (nSPS) is 21.8. The molecule has 2 aliphatic rings. The molecule has 150 valence electrons. The van der Waals surface area contributed by atoms with E-state index in [-0.39, 0.29) is 17.9 Å². The van der Waals surface area contributed by atoms with Gasteiger partial charge in [0.05, 0.1) is 0 Å². The minimum Gasteiger partial charge on any atom is -0.475 e. The van der Waals surface area contributed by atoms with Crippen molar-refractivity contribution in [1.29, 1.82) is 0 Å². The molecule has 10 heteroatoms. The van der Waals surface area contributed by atoms with Crippen LogP contribution in [0.25, 0.3) is 10.9 Å². The van der Waals surface area contributed by atoms with Gasteiger partial charge >= 0.3 is 12.1 Å². The maximum atomic E-state index is 12.5. The number of fused-ring (bicyclic) bond motifs is 2. The first-order valence-electron chi connectivity index (χ1n) is 8.64. The molecule has 0 bridgehead atoms. The highest BCUT2D eigenvalue weighted by molar-refractivity contribution is 5.98. The van der Waals surface area contributed by atoms with Gasteiger partial charge in [-0.1, -0.05) is 18.2 Å². The Balaban J connectivity index is 0.000000279. The zero-order valence-corrected chi connectivity index (χ0v) is 14.6. The number of halogens is 3. The van der Waals surface area contributed by atoms with E-state index in [0.29, 0.717) is 13.0 Å². The third-order valence-electron chi connectivity index (χ3n) is 4.79. The lowest BCUT2D eigenvalue weighted by atomic mass is 10.0. The number of carbonyl (C=O) groups is 3. The molecule has 3 N–H and O–H groups in total. The van der Waals surface area contributed by atoms with Gasteiger partial charge in [0.15, 0.2) is 0 Å². The van der Waals surface area contributed by atoms with Crippen LogP contribution in [0.5, 0.6) is 0 Å². The molecule has 1 aromatic heterocycles. The van der Waals surface area contributed by atoms with Crippen molar-refractivity contribution < 1.29 is 32.7 Å². The number of rotatable bonds is 2. The van der Waals surface area contributed by atoms with Gasteiger partial charge in [-0.25, -0.2) is 4.79 Å². The van der Waals surface area contributed by atoms with Crippen molar-refractivity contribution in [1.82, 2.24) is 15.2 Å². The second kappa shape index (κ2) is 7.53. The molecule has 1 aromatic carbocycles. The number of carbonyl (C=O) groups excluding carboxylic acids is 2. The molecule has 3 heterocycles. The molecule has 0 radical (unpaired) electrons. The van der Waals surface area contributed by atoms with Crippen molar-refractivity contribution >= 4 is 28.7 Å². The van der Waals surface area contributed by atoms with Gasteiger partial charge in [0.25, 0.3) is 0 Å². The number of benzene rings is 1. The van der Waals surface area contributed by atoms with E-state index in [1.165, 1.54) is 0 Å². The number of para-hydroxylation sites is 1. The Morgan fingerprint density at radius 1 is 1.25 bits per heavy atom. The lowest BCUT2D eigenvalue weighted by molar-refractivity contribution is -0.192. The van der Waals surface area contributed by atoms with Crippen LogP contribution in [0.1, 0.15) is 18.4 Å². The Morgan fingerprint density at radius 2 is 1.93 bits per heavy atom. The third-order valence-corrected chi connectivity index (χ3v) is 4.79. The van der Waals surface area contributed by atoms with Crippen LogP contribution in [0.15, 0.2) is 30.5 Å². The minimum absolute atomic E-state index is 0.00283. The van der Waals surface area contributed by atoms with E-state index in [9.17, 15) is 22.8 Å². The summed E-state index contributed by atoms with van der Waals surface area (Å²) in [5, 5.41) is 11.1. The fraction of sp³-hybridized carbons (Fsp3) is 0.389. The number of amides is 2. The van der Waals surface area contributed by atoms with E-state index in [4.69, 9.17) is 9.90 Å². The number of aromatic nitrogens is 1. The third kappa shape index (κ3) is 3.95. The average Bonchev–Trinajstić information content (AvgIpc) is 3.27. The molecule has 2 fully saturated rings. The number of nitrogens with zero attached hydrogens (tertiary/aromatic N) is 1. The minimum atomic E-state index is -5.08. The summed E-state index contributed by atoms with van der Waals surface area (Å²) in [6.45, 7) is 0.710. The summed E-state index contributed by atoms with van der Waals surface area (Å²) < 4.78 is 31.7. The van der Waals surface area contributed by atoms with Crippen LogP contribution in [0.3, 0.4) is 0 Å². The van der Waals surface area contributed by atoms with E-state index in [0.717, 1.165) is 29.3 Å². The number of aliphatic carboxylic acids is 1. The SMILES string of the molecule is O=C(O)C(F)(F)F.O=C1NC(Cc2c[nH]c3ccccc23)C(=O)N2CCCC12. The molecule has 28 heavy (non-hydrogen) atoms. The first kappa shape index (κ1) is 19.7. The van der Waals surface area contributed by atoms with E-state index in [1.54, 1.807) is 4.90 Å². The summed E-state index contributed by atoms with van der Waals surface area (Å²) in [5.41, 5.74) is 2.13. The quantitative estimate of drug-likeness (QED) is 0.720. The molecule has 2 atom stereocenters. The van der Waals surface area contributed by atoms with Crippen LogP contribution in [-0.2, 0) is 20.8 Å². The Kier molecular flexibility index (Phi) is 5.30.